The molecule has 0 fully saturated rings. The van der Waals surface area contributed by atoms with Gasteiger partial charge in [-0.1, -0.05) is 74.5 Å². The highest BCUT2D eigenvalue weighted by Gasteiger charge is 2.30. The van der Waals surface area contributed by atoms with Crippen LogP contribution in [0.25, 0.3) is 0 Å². The molecule has 0 aliphatic heterocycles. The Kier molecular flexibility index (Phi) is 11.1. The van der Waals surface area contributed by atoms with Gasteiger partial charge >= 0.3 is 5.97 Å². The van der Waals surface area contributed by atoms with Gasteiger partial charge in [0.25, 0.3) is 0 Å². The summed E-state index contributed by atoms with van der Waals surface area (Å²) in [5, 5.41) is 17.1. The van der Waals surface area contributed by atoms with E-state index in [1.807, 2.05) is 50.2 Å². The maximum absolute atomic E-state index is 13.4. The first-order valence-electron chi connectivity index (χ1n) is 12.0. The van der Waals surface area contributed by atoms with Gasteiger partial charge in [0.2, 0.25) is 17.7 Å². The number of nitrogens with one attached hydrogen (secondary N) is 3. The molecule has 3 amide bonds. The second-order valence-corrected chi connectivity index (χ2v) is 9.31. The molecule has 36 heavy (non-hydrogen) atoms. The van der Waals surface area contributed by atoms with Gasteiger partial charge in [0.1, 0.15) is 18.1 Å². The molecule has 0 bridgehead atoms. The molecule has 0 heterocycles. The number of carboxylic acid groups (broad SMARTS) is 1. The van der Waals surface area contributed by atoms with E-state index < -0.39 is 47.9 Å². The maximum Gasteiger partial charge on any atom is 0.325 e. The Morgan fingerprint density at radius 3 is 1.56 bits per heavy atom. The Bertz CT molecular complexity index is 1010. The molecule has 2 aromatic carbocycles. The lowest BCUT2D eigenvalue weighted by atomic mass is 10.0. The van der Waals surface area contributed by atoms with Gasteiger partial charge < -0.3 is 26.8 Å². The Morgan fingerprint density at radius 2 is 1.14 bits per heavy atom. The van der Waals surface area contributed by atoms with E-state index in [0.717, 1.165) is 11.1 Å². The zero-order chi connectivity index (χ0) is 26.7. The summed E-state index contributed by atoms with van der Waals surface area (Å²) in [5.41, 5.74) is 7.63. The third-order valence-corrected chi connectivity index (χ3v) is 5.62. The van der Waals surface area contributed by atoms with Gasteiger partial charge in [0.05, 0.1) is 6.04 Å². The number of benzene rings is 2. The van der Waals surface area contributed by atoms with Crippen molar-refractivity contribution in [2.75, 3.05) is 0 Å². The van der Waals surface area contributed by atoms with E-state index in [1.165, 1.54) is 6.92 Å². The van der Waals surface area contributed by atoms with Gasteiger partial charge in [0, 0.05) is 12.8 Å². The second-order valence-electron chi connectivity index (χ2n) is 9.31. The molecule has 0 aliphatic rings. The highest BCUT2D eigenvalue weighted by Crippen LogP contribution is 2.09. The molecule has 2 aromatic rings. The molecule has 4 atom stereocenters. The number of nitrogens with two attached hydrogens (primary N) is 1. The number of amides is 3. The van der Waals surface area contributed by atoms with Gasteiger partial charge in [-0.3, -0.25) is 19.2 Å². The molecular weight excluding hydrogens is 460 g/mol. The number of carbonyl (C=O) groups is 4. The van der Waals surface area contributed by atoms with Crippen molar-refractivity contribution in [2.45, 2.75) is 64.2 Å². The summed E-state index contributed by atoms with van der Waals surface area (Å²) in [6.45, 7) is 5.24. The smallest absolute Gasteiger partial charge is 0.325 e. The fourth-order valence-corrected chi connectivity index (χ4v) is 3.66. The summed E-state index contributed by atoms with van der Waals surface area (Å²) in [4.78, 5) is 50.3. The number of carbonyl (C=O) groups excluding carboxylic acids is 3. The minimum Gasteiger partial charge on any atom is -0.480 e. The number of hydrogen-bond acceptors (Lipinski definition) is 5. The zero-order valence-corrected chi connectivity index (χ0v) is 20.9. The summed E-state index contributed by atoms with van der Waals surface area (Å²) in [7, 11) is 0. The molecular formula is C27H36N4O5. The molecule has 2 rings (SSSR count). The average molecular weight is 497 g/mol. The summed E-state index contributed by atoms with van der Waals surface area (Å²) >= 11 is 0. The van der Waals surface area contributed by atoms with Crippen molar-refractivity contribution in [3.05, 3.63) is 71.8 Å². The standard InChI is InChI=1S/C27H36N4O5/c1-17(2)14-21(28)24(32)30-23(16-20-12-8-5-9-13-20)26(34)31-22(15-19-10-6-4-7-11-19)25(33)29-18(3)27(35)36/h4-13,17-18,21-23H,14-16,28H2,1-3H3,(H,29,33)(H,30,32)(H,31,34)(H,35,36). The van der Waals surface area contributed by atoms with Crippen LogP contribution in [-0.4, -0.2) is 53.0 Å². The quantitative estimate of drug-likeness (QED) is 0.283. The van der Waals surface area contributed by atoms with Crippen molar-refractivity contribution >= 4 is 23.7 Å². The Balaban J connectivity index is 2.25. The highest BCUT2D eigenvalue weighted by molar-refractivity contribution is 5.94. The molecule has 9 heteroatoms. The Labute approximate surface area is 211 Å². The van der Waals surface area contributed by atoms with E-state index in [0.29, 0.717) is 6.42 Å². The van der Waals surface area contributed by atoms with E-state index >= 15 is 0 Å². The van der Waals surface area contributed by atoms with Gasteiger partial charge in [-0.05, 0) is 30.4 Å². The number of hydrogen-bond donors (Lipinski definition) is 5. The van der Waals surface area contributed by atoms with E-state index in [9.17, 15) is 24.3 Å². The first-order valence-corrected chi connectivity index (χ1v) is 12.0. The van der Waals surface area contributed by atoms with E-state index in [4.69, 9.17) is 5.73 Å². The van der Waals surface area contributed by atoms with Crippen LogP contribution < -0.4 is 21.7 Å². The van der Waals surface area contributed by atoms with Gasteiger partial charge in [0.15, 0.2) is 0 Å². The van der Waals surface area contributed by atoms with Crippen LogP contribution in [0.2, 0.25) is 0 Å². The summed E-state index contributed by atoms with van der Waals surface area (Å²) in [6.07, 6.45) is 0.791. The molecule has 4 unspecified atom stereocenters. The molecule has 0 saturated heterocycles. The van der Waals surface area contributed by atoms with Gasteiger partial charge in [-0.2, -0.15) is 0 Å². The molecule has 194 valence electrons. The van der Waals surface area contributed by atoms with Crippen molar-refractivity contribution in [3.8, 4) is 0 Å². The van der Waals surface area contributed by atoms with Crippen LogP contribution in [0.15, 0.2) is 60.7 Å². The molecule has 6 N–H and O–H groups in total. The predicted molar refractivity (Wildman–Crippen MR) is 137 cm³/mol. The normalized spacial score (nSPS) is 14.2. The van der Waals surface area contributed by atoms with Crippen LogP contribution in [-0.2, 0) is 32.0 Å². The van der Waals surface area contributed by atoms with Gasteiger partial charge in [-0.15, -0.1) is 0 Å². The SMILES string of the molecule is CC(C)CC(N)C(=O)NC(Cc1ccccc1)C(=O)NC(Cc1ccccc1)C(=O)NC(C)C(=O)O. The van der Waals surface area contributed by atoms with Crippen molar-refractivity contribution < 1.29 is 24.3 Å². The molecule has 0 aliphatic carbocycles. The molecule has 0 aromatic heterocycles. The van der Waals surface area contributed by atoms with E-state index in [-0.39, 0.29) is 18.8 Å². The molecule has 9 nitrogen and oxygen atoms in total. The number of rotatable bonds is 13. The third-order valence-electron chi connectivity index (χ3n) is 5.62. The van der Waals surface area contributed by atoms with E-state index in [1.54, 1.807) is 24.3 Å². The van der Waals surface area contributed by atoms with Crippen molar-refractivity contribution in [2.24, 2.45) is 11.7 Å². The van der Waals surface area contributed by atoms with Crippen LogP contribution in [0.1, 0.15) is 38.3 Å². The third kappa shape index (κ3) is 9.50. The number of aliphatic carboxylic acids is 1. The Hall–Kier alpha value is -3.72. The number of carboxylic acids is 1. The summed E-state index contributed by atoms with van der Waals surface area (Å²) < 4.78 is 0. The van der Waals surface area contributed by atoms with Crippen LogP contribution in [0.5, 0.6) is 0 Å². The lowest BCUT2D eigenvalue weighted by molar-refractivity contribution is -0.141. The fourth-order valence-electron chi connectivity index (χ4n) is 3.66. The maximum atomic E-state index is 13.4. The van der Waals surface area contributed by atoms with Crippen molar-refractivity contribution in [1.29, 1.82) is 0 Å². The second kappa shape index (κ2) is 14.0. The van der Waals surface area contributed by atoms with Gasteiger partial charge in [-0.25, -0.2) is 0 Å². The predicted octanol–water partition coefficient (Wildman–Crippen LogP) is 1.40. The summed E-state index contributed by atoms with van der Waals surface area (Å²) in [6, 6.07) is 14.3. The molecule has 0 saturated carbocycles. The highest BCUT2D eigenvalue weighted by atomic mass is 16.4. The minimum atomic E-state index is -1.19. The minimum absolute atomic E-state index is 0.142. The largest absolute Gasteiger partial charge is 0.480 e. The Morgan fingerprint density at radius 1 is 0.722 bits per heavy atom. The topological polar surface area (TPSA) is 151 Å². The molecule has 0 radical (unpaired) electrons. The lowest BCUT2D eigenvalue weighted by Gasteiger charge is -2.25. The summed E-state index contributed by atoms with van der Waals surface area (Å²) in [5.74, 6) is -2.65. The van der Waals surface area contributed by atoms with Crippen LogP contribution in [0.4, 0.5) is 0 Å². The zero-order valence-electron chi connectivity index (χ0n) is 20.9. The van der Waals surface area contributed by atoms with Crippen molar-refractivity contribution in [3.63, 3.8) is 0 Å². The fraction of sp³-hybridized carbons (Fsp3) is 0.407. The van der Waals surface area contributed by atoms with Crippen LogP contribution in [0, 0.1) is 5.92 Å². The van der Waals surface area contributed by atoms with E-state index in [2.05, 4.69) is 16.0 Å². The molecule has 0 spiro atoms. The first kappa shape index (κ1) is 28.5. The first-order chi connectivity index (χ1) is 17.1. The van der Waals surface area contributed by atoms with Crippen LogP contribution in [0.3, 0.4) is 0 Å². The van der Waals surface area contributed by atoms with Crippen molar-refractivity contribution in [1.82, 2.24) is 16.0 Å². The average Bonchev–Trinajstić information content (AvgIpc) is 2.83. The monoisotopic (exact) mass is 496 g/mol. The lowest BCUT2D eigenvalue weighted by Crippen LogP contribution is -2.58. The van der Waals surface area contributed by atoms with Crippen LogP contribution >= 0.6 is 0 Å².